The predicted molar refractivity (Wildman–Crippen MR) is 68.3 cm³/mol. The van der Waals surface area contributed by atoms with Crippen LogP contribution in [0, 0.1) is 0 Å². The molecule has 1 rings (SSSR count). The highest BCUT2D eigenvalue weighted by Crippen LogP contribution is 2.14. The van der Waals surface area contributed by atoms with Gasteiger partial charge in [-0.25, -0.2) is 0 Å². The normalized spacial score (nSPS) is 16.0. The number of amides is 1. The summed E-state index contributed by atoms with van der Waals surface area (Å²) in [4.78, 5) is 16.0. The third-order valence-electron chi connectivity index (χ3n) is 2.82. The maximum atomic E-state index is 12.0. The summed E-state index contributed by atoms with van der Waals surface area (Å²) in [7, 11) is 0. The lowest BCUT2D eigenvalue weighted by atomic mass is 9.96. The van der Waals surface area contributed by atoms with Crippen LogP contribution in [0.3, 0.4) is 0 Å². The Bertz CT molecular complexity index is 362. The third kappa shape index (κ3) is 3.82. The molecule has 0 saturated heterocycles. The molecule has 0 aromatic carbocycles. The van der Waals surface area contributed by atoms with Crippen molar-refractivity contribution in [2.24, 2.45) is 5.73 Å². The van der Waals surface area contributed by atoms with Gasteiger partial charge in [-0.15, -0.1) is 0 Å². The zero-order chi connectivity index (χ0) is 12.9. The van der Waals surface area contributed by atoms with Gasteiger partial charge in [-0.3, -0.25) is 9.78 Å². The van der Waals surface area contributed by atoms with Gasteiger partial charge in [0.25, 0.3) is 0 Å². The van der Waals surface area contributed by atoms with E-state index in [0.717, 1.165) is 12.0 Å². The first kappa shape index (κ1) is 13.6. The Labute approximate surface area is 103 Å². The summed E-state index contributed by atoms with van der Waals surface area (Å²) in [5.41, 5.74) is 6.15. The first-order valence-electron chi connectivity index (χ1n) is 5.97. The molecule has 0 spiro atoms. The molecule has 17 heavy (non-hydrogen) atoms. The Morgan fingerprint density at radius 3 is 2.88 bits per heavy atom. The van der Waals surface area contributed by atoms with Crippen molar-refractivity contribution in [1.82, 2.24) is 10.3 Å². The highest BCUT2D eigenvalue weighted by atomic mass is 16.2. The molecule has 0 aliphatic rings. The van der Waals surface area contributed by atoms with Crippen molar-refractivity contribution < 1.29 is 4.79 Å². The van der Waals surface area contributed by atoms with Crippen molar-refractivity contribution in [1.29, 1.82) is 0 Å². The molecule has 3 N–H and O–H groups in total. The van der Waals surface area contributed by atoms with Gasteiger partial charge >= 0.3 is 0 Å². The number of pyridine rings is 1. The fraction of sp³-hybridized carbons (Fsp3) is 0.538. The van der Waals surface area contributed by atoms with E-state index in [9.17, 15) is 4.79 Å². The van der Waals surface area contributed by atoms with Gasteiger partial charge in [-0.1, -0.05) is 19.4 Å². The second kappa shape index (κ2) is 5.77. The van der Waals surface area contributed by atoms with Crippen molar-refractivity contribution in [2.45, 2.75) is 45.2 Å². The number of nitrogens with one attached hydrogen (secondary N) is 1. The van der Waals surface area contributed by atoms with Crippen LogP contribution in [-0.4, -0.2) is 16.4 Å². The summed E-state index contributed by atoms with van der Waals surface area (Å²) in [6.45, 7) is 5.71. The van der Waals surface area contributed by atoms with Gasteiger partial charge in [0, 0.05) is 12.4 Å². The number of aromatic nitrogens is 1. The fourth-order valence-electron chi connectivity index (χ4n) is 1.71. The Morgan fingerprint density at radius 1 is 1.65 bits per heavy atom. The second-order valence-corrected chi connectivity index (χ2v) is 4.65. The van der Waals surface area contributed by atoms with Gasteiger partial charge < -0.3 is 11.1 Å². The molecule has 1 aromatic heterocycles. The molecule has 1 amide bonds. The second-order valence-electron chi connectivity index (χ2n) is 4.65. The summed E-state index contributed by atoms with van der Waals surface area (Å²) in [6, 6.07) is 3.72. The maximum absolute atomic E-state index is 12.0. The summed E-state index contributed by atoms with van der Waals surface area (Å²) in [5.74, 6) is -0.115. The van der Waals surface area contributed by atoms with E-state index in [2.05, 4.69) is 10.3 Å². The lowest BCUT2D eigenvalue weighted by molar-refractivity contribution is -0.126. The smallest absolute Gasteiger partial charge is 0.240 e. The molecule has 1 heterocycles. The van der Waals surface area contributed by atoms with Crippen LogP contribution in [0.5, 0.6) is 0 Å². The third-order valence-corrected chi connectivity index (χ3v) is 2.82. The van der Waals surface area contributed by atoms with Crippen LogP contribution in [0.25, 0.3) is 0 Å². The van der Waals surface area contributed by atoms with Gasteiger partial charge in [-0.05, 0) is 31.9 Å². The number of carbonyl (C=O) groups excluding carboxylic acids is 1. The SMILES string of the molecule is CCCC(C)(N)C(=O)N[C@H](C)c1cccnc1. The molecule has 0 aliphatic heterocycles. The lowest BCUT2D eigenvalue weighted by Crippen LogP contribution is -2.52. The Morgan fingerprint density at radius 2 is 2.35 bits per heavy atom. The molecule has 0 fully saturated rings. The monoisotopic (exact) mass is 235 g/mol. The average molecular weight is 235 g/mol. The number of rotatable bonds is 5. The first-order chi connectivity index (χ1) is 7.97. The minimum Gasteiger partial charge on any atom is -0.348 e. The number of hydrogen-bond acceptors (Lipinski definition) is 3. The molecular formula is C13H21N3O. The molecule has 0 aliphatic carbocycles. The molecule has 4 nitrogen and oxygen atoms in total. The zero-order valence-electron chi connectivity index (χ0n) is 10.7. The Hall–Kier alpha value is -1.42. The fourth-order valence-corrected chi connectivity index (χ4v) is 1.71. The minimum absolute atomic E-state index is 0.0732. The average Bonchev–Trinajstić information content (AvgIpc) is 2.30. The zero-order valence-corrected chi connectivity index (χ0v) is 10.7. The molecule has 1 aromatic rings. The van der Waals surface area contributed by atoms with Crippen molar-refractivity contribution in [3.63, 3.8) is 0 Å². The van der Waals surface area contributed by atoms with Gasteiger partial charge in [-0.2, -0.15) is 0 Å². The number of nitrogens with two attached hydrogens (primary N) is 1. The summed E-state index contributed by atoms with van der Waals surface area (Å²) in [6.07, 6.45) is 5.03. The van der Waals surface area contributed by atoms with E-state index < -0.39 is 5.54 Å². The van der Waals surface area contributed by atoms with E-state index in [1.807, 2.05) is 26.0 Å². The number of nitrogens with zero attached hydrogens (tertiary/aromatic N) is 1. The van der Waals surface area contributed by atoms with Crippen LogP contribution in [0.2, 0.25) is 0 Å². The number of carbonyl (C=O) groups is 1. The van der Waals surface area contributed by atoms with Crippen LogP contribution in [0.15, 0.2) is 24.5 Å². The van der Waals surface area contributed by atoms with Crippen molar-refractivity contribution in [3.8, 4) is 0 Å². The van der Waals surface area contributed by atoms with Crippen LogP contribution in [0.1, 0.15) is 45.2 Å². The molecular weight excluding hydrogens is 214 g/mol. The Kier molecular flexibility index (Phi) is 4.63. The van der Waals surface area contributed by atoms with Gasteiger partial charge in [0.2, 0.25) is 5.91 Å². The van der Waals surface area contributed by atoms with E-state index in [4.69, 9.17) is 5.73 Å². The highest BCUT2D eigenvalue weighted by Gasteiger charge is 2.28. The highest BCUT2D eigenvalue weighted by molar-refractivity contribution is 5.85. The molecule has 0 radical (unpaired) electrons. The molecule has 1 unspecified atom stereocenters. The minimum atomic E-state index is -0.800. The standard InChI is InChI=1S/C13H21N3O/c1-4-7-13(3,14)12(17)16-10(2)11-6-5-8-15-9-11/h5-6,8-10H,4,7,14H2,1-3H3,(H,16,17)/t10-,13?/m1/s1. The largest absolute Gasteiger partial charge is 0.348 e. The van der Waals surface area contributed by atoms with Crippen LogP contribution < -0.4 is 11.1 Å². The maximum Gasteiger partial charge on any atom is 0.240 e. The van der Waals surface area contributed by atoms with E-state index in [1.165, 1.54) is 0 Å². The molecule has 0 saturated carbocycles. The lowest BCUT2D eigenvalue weighted by Gasteiger charge is -2.25. The molecule has 0 bridgehead atoms. The summed E-state index contributed by atoms with van der Waals surface area (Å²) in [5, 5.41) is 2.92. The molecule has 2 atom stereocenters. The van der Waals surface area contributed by atoms with Gasteiger partial charge in [0.15, 0.2) is 0 Å². The van der Waals surface area contributed by atoms with E-state index in [1.54, 1.807) is 19.3 Å². The predicted octanol–water partition coefficient (Wildman–Crippen LogP) is 1.78. The summed E-state index contributed by atoms with van der Waals surface area (Å²) >= 11 is 0. The van der Waals surface area contributed by atoms with Crippen LogP contribution >= 0.6 is 0 Å². The Balaban J connectivity index is 2.63. The topological polar surface area (TPSA) is 68.0 Å². The van der Waals surface area contributed by atoms with Crippen molar-refractivity contribution in [2.75, 3.05) is 0 Å². The van der Waals surface area contributed by atoms with E-state index in [0.29, 0.717) is 6.42 Å². The first-order valence-corrected chi connectivity index (χ1v) is 5.97. The van der Waals surface area contributed by atoms with Crippen molar-refractivity contribution >= 4 is 5.91 Å². The van der Waals surface area contributed by atoms with Gasteiger partial charge in [0.05, 0.1) is 11.6 Å². The van der Waals surface area contributed by atoms with Crippen LogP contribution in [-0.2, 0) is 4.79 Å². The van der Waals surface area contributed by atoms with Gasteiger partial charge in [0.1, 0.15) is 0 Å². The quantitative estimate of drug-likeness (QED) is 0.817. The van der Waals surface area contributed by atoms with Crippen molar-refractivity contribution in [3.05, 3.63) is 30.1 Å². The number of hydrogen-bond donors (Lipinski definition) is 2. The molecule has 94 valence electrons. The van der Waals surface area contributed by atoms with E-state index >= 15 is 0 Å². The summed E-state index contributed by atoms with van der Waals surface area (Å²) < 4.78 is 0. The molecule has 4 heteroatoms. The van der Waals surface area contributed by atoms with Crippen LogP contribution in [0.4, 0.5) is 0 Å². The van der Waals surface area contributed by atoms with E-state index in [-0.39, 0.29) is 11.9 Å².